The summed E-state index contributed by atoms with van der Waals surface area (Å²) in [6.07, 6.45) is 0. The predicted octanol–water partition coefficient (Wildman–Crippen LogP) is 0.0363. The number of hydrazine groups is 1. The van der Waals surface area contributed by atoms with E-state index in [1.807, 2.05) is 6.07 Å². The number of benzene rings is 1. The molecule has 0 saturated heterocycles. The number of hydrogen-bond donors (Lipinski definition) is 3. The zero-order valence-corrected chi connectivity index (χ0v) is 8.47. The van der Waals surface area contributed by atoms with Gasteiger partial charge < -0.3 is 5.73 Å². The maximum atomic E-state index is 11.4. The Morgan fingerprint density at radius 1 is 1.47 bits per heavy atom. The summed E-state index contributed by atoms with van der Waals surface area (Å²) in [7, 11) is 0. The molecule has 0 unspecified atom stereocenters. The van der Waals surface area contributed by atoms with E-state index in [0.717, 1.165) is 0 Å². The van der Waals surface area contributed by atoms with Gasteiger partial charge in [0, 0.05) is 5.56 Å². The normalized spacial score (nSPS) is 8.73. The van der Waals surface area contributed by atoms with Gasteiger partial charge in [-0.3, -0.25) is 15.6 Å². The van der Waals surface area contributed by atoms with Crippen molar-refractivity contribution in [3.63, 3.8) is 0 Å². The first-order chi connectivity index (χ1) is 7.13. The van der Waals surface area contributed by atoms with Crippen molar-refractivity contribution in [1.82, 2.24) is 10.9 Å². The fourth-order valence-electron chi connectivity index (χ4n) is 0.921. The summed E-state index contributed by atoms with van der Waals surface area (Å²) in [6, 6.07) is 8.21. The van der Waals surface area contributed by atoms with Crippen LogP contribution in [0.3, 0.4) is 0 Å². The summed E-state index contributed by atoms with van der Waals surface area (Å²) >= 11 is 4.51. The fourth-order valence-corrected chi connectivity index (χ4v) is 0.972. The summed E-state index contributed by atoms with van der Waals surface area (Å²) in [5, 5.41) is 8.60. The van der Waals surface area contributed by atoms with Crippen molar-refractivity contribution in [3.05, 3.63) is 35.4 Å². The van der Waals surface area contributed by atoms with E-state index in [9.17, 15) is 4.79 Å². The lowest BCUT2D eigenvalue weighted by atomic mass is 10.1. The number of carbonyl (C=O) groups is 1. The topological polar surface area (TPSA) is 90.9 Å². The van der Waals surface area contributed by atoms with Crippen LogP contribution in [0.25, 0.3) is 0 Å². The Kier molecular flexibility index (Phi) is 3.60. The van der Waals surface area contributed by atoms with Gasteiger partial charge in [-0.05, 0) is 30.4 Å². The number of nitriles is 1. The molecule has 0 aliphatic rings. The van der Waals surface area contributed by atoms with Crippen LogP contribution in [0.4, 0.5) is 0 Å². The Hall–Kier alpha value is -2.13. The van der Waals surface area contributed by atoms with Crippen LogP contribution in [-0.2, 0) is 0 Å². The lowest BCUT2D eigenvalue weighted by molar-refractivity contribution is 0.0944. The lowest BCUT2D eigenvalue weighted by Gasteiger charge is -2.05. The van der Waals surface area contributed by atoms with Gasteiger partial charge in [-0.1, -0.05) is 6.07 Å². The molecule has 0 aliphatic carbocycles. The number of nitrogens with two attached hydrogens (primary N) is 1. The van der Waals surface area contributed by atoms with Crippen molar-refractivity contribution in [1.29, 1.82) is 5.26 Å². The van der Waals surface area contributed by atoms with Crippen LogP contribution in [0, 0.1) is 11.3 Å². The van der Waals surface area contributed by atoms with E-state index in [1.165, 1.54) is 6.07 Å². The van der Waals surface area contributed by atoms with E-state index < -0.39 is 5.91 Å². The third kappa shape index (κ3) is 3.25. The second-order valence-electron chi connectivity index (χ2n) is 2.64. The van der Waals surface area contributed by atoms with Gasteiger partial charge in [0.05, 0.1) is 11.6 Å². The van der Waals surface area contributed by atoms with Gasteiger partial charge in [0.15, 0.2) is 5.11 Å². The average molecular weight is 220 g/mol. The monoisotopic (exact) mass is 220 g/mol. The Labute approximate surface area is 91.8 Å². The first kappa shape index (κ1) is 10.9. The average Bonchev–Trinajstić information content (AvgIpc) is 2.26. The number of nitrogens with one attached hydrogen (secondary N) is 2. The van der Waals surface area contributed by atoms with Crippen LogP contribution in [-0.4, -0.2) is 11.0 Å². The van der Waals surface area contributed by atoms with Crippen LogP contribution in [0.2, 0.25) is 0 Å². The fraction of sp³-hybridized carbons (Fsp3) is 0. The molecule has 0 bridgehead atoms. The summed E-state index contributed by atoms with van der Waals surface area (Å²) in [6.45, 7) is 0. The number of thiocarbonyl (C=S) groups is 1. The molecule has 4 N–H and O–H groups in total. The largest absolute Gasteiger partial charge is 0.375 e. The molecule has 0 spiro atoms. The van der Waals surface area contributed by atoms with E-state index in [4.69, 9.17) is 11.0 Å². The van der Waals surface area contributed by atoms with E-state index in [2.05, 4.69) is 23.1 Å². The molecule has 0 saturated carbocycles. The zero-order valence-electron chi connectivity index (χ0n) is 7.65. The molecule has 0 fully saturated rings. The summed E-state index contributed by atoms with van der Waals surface area (Å²) in [5.41, 5.74) is 10.5. The van der Waals surface area contributed by atoms with Gasteiger partial charge in [0.2, 0.25) is 0 Å². The standard InChI is InChI=1S/C9H8N4OS/c10-5-6-2-1-3-7(4-6)8(14)12-13-9(11)15/h1-4H,(H,12,14)(H3,11,13,15). The minimum atomic E-state index is -0.403. The van der Waals surface area contributed by atoms with Gasteiger partial charge in [-0.25, -0.2) is 0 Å². The molecule has 0 aliphatic heterocycles. The highest BCUT2D eigenvalue weighted by Crippen LogP contribution is 2.03. The van der Waals surface area contributed by atoms with Gasteiger partial charge in [-0.2, -0.15) is 5.26 Å². The third-order valence-corrected chi connectivity index (χ3v) is 1.66. The molecule has 1 aromatic carbocycles. The van der Waals surface area contributed by atoms with E-state index >= 15 is 0 Å². The SMILES string of the molecule is N#Cc1cccc(C(=O)NNC(N)=S)c1. The third-order valence-electron chi connectivity index (χ3n) is 1.55. The minimum absolute atomic E-state index is 0.0280. The summed E-state index contributed by atoms with van der Waals surface area (Å²) < 4.78 is 0. The van der Waals surface area contributed by atoms with Crippen LogP contribution >= 0.6 is 12.2 Å². The number of amides is 1. The maximum absolute atomic E-state index is 11.4. The number of hydrogen-bond acceptors (Lipinski definition) is 3. The Morgan fingerprint density at radius 2 is 2.20 bits per heavy atom. The van der Waals surface area contributed by atoms with Gasteiger partial charge in [0.25, 0.3) is 5.91 Å². The van der Waals surface area contributed by atoms with Crippen molar-refractivity contribution in [2.75, 3.05) is 0 Å². The van der Waals surface area contributed by atoms with Crippen LogP contribution in [0.15, 0.2) is 24.3 Å². The minimum Gasteiger partial charge on any atom is -0.375 e. The van der Waals surface area contributed by atoms with Crippen molar-refractivity contribution in [2.45, 2.75) is 0 Å². The van der Waals surface area contributed by atoms with Crippen molar-refractivity contribution in [3.8, 4) is 6.07 Å². The summed E-state index contributed by atoms with van der Waals surface area (Å²) in [4.78, 5) is 11.4. The van der Waals surface area contributed by atoms with Crippen molar-refractivity contribution >= 4 is 23.2 Å². The molecular formula is C9H8N4OS. The number of rotatable bonds is 1. The van der Waals surface area contributed by atoms with Gasteiger partial charge in [-0.15, -0.1) is 0 Å². The molecule has 15 heavy (non-hydrogen) atoms. The Balaban J connectivity index is 2.74. The van der Waals surface area contributed by atoms with Gasteiger partial charge in [0.1, 0.15) is 0 Å². The van der Waals surface area contributed by atoms with Gasteiger partial charge >= 0.3 is 0 Å². The molecule has 1 rings (SSSR count). The van der Waals surface area contributed by atoms with E-state index in [-0.39, 0.29) is 5.11 Å². The molecule has 0 heterocycles. The zero-order chi connectivity index (χ0) is 11.3. The molecule has 0 aromatic heterocycles. The lowest BCUT2D eigenvalue weighted by Crippen LogP contribution is -2.44. The molecule has 1 amide bonds. The molecule has 6 heteroatoms. The van der Waals surface area contributed by atoms with Crippen molar-refractivity contribution < 1.29 is 4.79 Å². The Morgan fingerprint density at radius 3 is 2.80 bits per heavy atom. The van der Waals surface area contributed by atoms with Crippen LogP contribution < -0.4 is 16.6 Å². The quantitative estimate of drug-likeness (QED) is 0.459. The van der Waals surface area contributed by atoms with Crippen molar-refractivity contribution in [2.24, 2.45) is 5.73 Å². The predicted molar refractivity (Wildman–Crippen MR) is 58.5 cm³/mol. The molecule has 5 nitrogen and oxygen atoms in total. The first-order valence-electron chi connectivity index (χ1n) is 3.99. The first-order valence-corrected chi connectivity index (χ1v) is 4.40. The maximum Gasteiger partial charge on any atom is 0.269 e. The molecular weight excluding hydrogens is 212 g/mol. The second kappa shape index (κ2) is 4.93. The molecule has 76 valence electrons. The highest BCUT2D eigenvalue weighted by atomic mass is 32.1. The molecule has 0 radical (unpaired) electrons. The van der Waals surface area contributed by atoms with E-state index in [0.29, 0.717) is 11.1 Å². The summed E-state index contributed by atoms with van der Waals surface area (Å²) in [5.74, 6) is -0.403. The Bertz CT molecular complexity index is 438. The smallest absolute Gasteiger partial charge is 0.269 e. The van der Waals surface area contributed by atoms with E-state index in [1.54, 1.807) is 18.2 Å². The number of nitrogens with zero attached hydrogens (tertiary/aromatic N) is 1. The second-order valence-corrected chi connectivity index (χ2v) is 3.08. The van der Waals surface area contributed by atoms with Crippen LogP contribution in [0.1, 0.15) is 15.9 Å². The number of carbonyl (C=O) groups excluding carboxylic acids is 1. The highest BCUT2D eigenvalue weighted by molar-refractivity contribution is 7.80. The van der Waals surface area contributed by atoms with Crippen LogP contribution in [0.5, 0.6) is 0 Å². The highest BCUT2D eigenvalue weighted by Gasteiger charge is 2.05. The molecule has 0 atom stereocenters. The molecule has 1 aromatic rings.